The molecule has 1 aromatic heterocycles. The maximum atomic E-state index is 13.1. The predicted octanol–water partition coefficient (Wildman–Crippen LogP) is 3.29. The zero-order valence-electron chi connectivity index (χ0n) is 15.7. The third-order valence-corrected chi connectivity index (χ3v) is 6.89. The number of aliphatic carboxylic acids is 1. The minimum absolute atomic E-state index is 0.0955. The molecule has 2 aromatic rings. The van der Waals surface area contributed by atoms with E-state index in [1.54, 1.807) is 6.07 Å². The van der Waals surface area contributed by atoms with Crippen LogP contribution in [0, 0.1) is 23.7 Å². The van der Waals surface area contributed by atoms with Crippen molar-refractivity contribution in [3.05, 3.63) is 64.6 Å². The molecule has 5 rings (SSSR count). The molecule has 2 amide bonds. The fourth-order valence-corrected chi connectivity index (χ4v) is 5.58. The van der Waals surface area contributed by atoms with Gasteiger partial charge in [0, 0.05) is 11.3 Å². The number of thiophene rings is 1. The Morgan fingerprint density at radius 1 is 1.07 bits per heavy atom. The number of carboxylic acid groups (broad SMARTS) is 1. The molecule has 1 aromatic carbocycles. The van der Waals surface area contributed by atoms with E-state index >= 15 is 0 Å². The molecule has 6 nitrogen and oxygen atoms in total. The lowest BCUT2D eigenvalue weighted by atomic mass is 9.62. The number of hydrogen-bond donors (Lipinski definition) is 3. The van der Waals surface area contributed by atoms with Crippen molar-refractivity contribution >= 4 is 34.1 Å². The van der Waals surface area contributed by atoms with Crippen molar-refractivity contribution in [2.75, 3.05) is 5.32 Å². The van der Waals surface area contributed by atoms with Crippen LogP contribution in [-0.2, 0) is 16.0 Å². The standard InChI is InChI=1S/C22H22N2O4S/c23-19(25)16-11-15(10-12-4-2-1-3-5-12)29-21(16)24-20(26)17-13-6-8-14(9-7-13)18(17)22(27)28/h1-6,8,11,13-14,17-18H,7,9-10H2,(H2,23,25)(H,24,26)(H,27,28)/t13-,14+,17-,18+/m1/s1. The van der Waals surface area contributed by atoms with Crippen LogP contribution in [0.15, 0.2) is 48.6 Å². The van der Waals surface area contributed by atoms with Crippen molar-refractivity contribution in [2.24, 2.45) is 29.4 Å². The molecule has 4 atom stereocenters. The van der Waals surface area contributed by atoms with Crippen LogP contribution in [0.2, 0.25) is 0 Å². The van der Waals surface area contributed by atoms with Gasteiger partial charge in [-0.05, 0) is 36.3 Å². The molecule has 2 bridgehead atoms. The molecule has 1 saturated carbocycles. The van der Waals surface area contributed by atoms with Gasteiger partial charge in [0.1, 0.15) is 5.00 Å². The first-order valence-electron chi connectivity index (χ1n) is 9.62. The Morgan fingerprint density at radius 3 is 2.31 bits per heavy atom. The molecule has 3 aliphatic carbocycles. The van der Waals surface area contributed by atoms with E-state index in [9.17, 15) is 19.5 Å². The molecule has 1 heterocycles. The van der Waals surface area contributed by atoms with Crippen LogP contribution in [0.3, 0.4) is 0 Å². The number of rotatable bonds is 6. The number of hydrogen-bond acceptors (Lipinski definition) is 4. The van der Waals surface area contributed by atoms with E-state index in [4.69, 9.17) is 5.73 Å². The molecular weight excluding hydrogens is 388 g/mol. The number of fused-ring (bicyclic) bond motifs is 2. The molecule has 4 N–H and O–H groups in total. The number of amides is 2. The summed E-state index contributed by atoms with van der Waals surface area (Å²) in [6.45, 7) is 0. The van der Waals surface area contributed by atoms with Gasteiger partial charge in [0.25, 0.3) is 5.91 Å². The minimum Gasteiger partial charge on any atom is -0.481 e. The topological polar surface area (TPSA) is 109 Å². The first-order valence-corrected chi connectivity index (χ1v) is 10.4. The highest BCUT2D eigenvalue weighted by atomic mass is 32.1. The summed E-state index contributed by atoms with van der Waals surface area (Å²) in [4.78, 5) is 37.7. The Balaban J connectivity index is 1.58. The predicted molar refractivity (Wildman–Crippen MR) is 111 cm³/mol. The van der Waals surface area contributed by atoms with E-state index < -0.39 is 23.7 Å². The van der Waals surface area contributed by atoms with Crippen molar-refractivity contribution in [1.82, 2.24) is 0 Å². The summed E-state index contributed by atoms with van der Waals surface area (Å²) in [5.41, 5.74) is 6.87. The Morgan fingerprint density at radius 2 is 1.72 bits per heavy atom. The van der Waals surface area contributed by atoms with E-state index in [0.717, 1.165) is 23.3 Å². The number of carboxylic acids is 1. The second-order valence-electron chi connectivity index (χ2n) is 7.65. The minimum atomic E-state index is -0.949. The Labute approximate surface area is 172 Å². The number of anilines is 1. The van der Waals surface area contributed by atoms with Gasteiger partial charge >= 0.3 is 5.97 Å². The highest BCUT2D eigenvalue weighted by Crippen LogP contribution is 2.45. The lowest BCUT2D eigenvalue weighted by molar-refractivity contribution is -0.151. The van der Waals surface area contributed by atoms with Crippen molar-refractivity contribution in [3.8, 4) is 0 Å². The van der Waals surface area contributed by atoms with Crippen molar-refractivity contribution in [2.45, 2.75) is 19.3 Å². The van der Waals surface area contributed by atoms with Crippen LogP contribution in [0.25, 0.3) is 0 Å². The van der Waals surface area contributed by atoms with Crippen LogP contribution in [0.1, 0.15) is 33.6 Å². The molecule has 3 aliphatic rings. The molecule has 0 saturated heterocycles. The van der Waals surface area contributed by atoms with E-state index in [1.165, 1.54) is 11.3 Å². The summed E-state index contributed by atoms with van der Waals surface area (Å²) >= 11 is 1.31. The van der Waals surface area contributed by atoms with E-state index in [0.29, 0.717) is 11.4 Å². The average Bonchev–Trinajstić information content (AvgIpc) is 3.11. The number of benzene rings is 1. The zero-order chi connectivity index (χ0) is 20.5. The van der Waals surface area contributed by atoms with Crippen LogP contribution in [0.4, 0.5) is 5.00 Å². The van der Waals surface area contributed by atoms with Crippen molar-refractivity contribution in [3.63, 3.8) is 0 Å². The SMILES string of the molecule is NC(=O)c1cc(Cc2ccccc2)sc1NC(=O)[C@H]1[C@@H](C(=O)O)[C@H]2C=C[C@@H]1CC2. The summed E-state index contributed by atoms with van der Waals surface area (Å²) in [5, 5.41) is 12.9. The van der Waals surface area contributed by atoms with Gasteiger partial charge in [-0.15, -0.1) is 11.3 Å². The Kier molecular flexibility index (Phi) is 5.24. The van der Waals surface area contributed by atoms with Crippen LogP contribution in [0.5, 0.6) is 0 Å². The van der Waals surface area contributed by atoms with Crippen molar-refractivity contribution < 1.29 is 19.5 Å². The van der Waals surface area contributed by atoms with Crippen LogP contribution < -0.4 is 11.1 Å². The number of primary amides is 1. The monoisotopic (exact) mass is 410 g/mol. The van der Waals surface area contributed by atoms with Gasteiger partial charge in [0.15, 0.2) is 0 Å². The molecule has 29 heavy (non-hydrogen) atoms. The summed E-state index contributed by atoms with van der Waals surface area (Å²) < 4.78 is 0. The average molecular weight is 410 g/mol. The molecule has 0 unspecified atom stereocenters. The Hall–Kier alpha value is -2.93. The number of allylic oxidation sites excluding steroid dienone is 2. The number of nitrogens with two attached hydrogens (primary N) is 1. The summed E-state index contributed by atoms with van der Waals surface area (Å²) in [5.74, 6) is -3.52. The van der Waals surface area contributed by atoms with Crippen molar-refractivity contribution in [1.29, 1.82) is 0 Å². The van der Waals surface area contributed by atoms with E-state index in [2.05, 4.69) is 5.32 Å². The fraction of sp³-hybridized carbons (Fsp3) is 0.318. The van der Waals surface area contributed by atoms with Crippen LogP contribution in [-0.4, -0.2) is 22.9 Å². The van der Waals surface area contributed by atoms with Crippen LogP contribution >= 0.6 is 11.3 Å². The van der Waals surface area contributed by atoms with Gasteiger partial charge in [0.05, 0.1) is 17.4 Å². The van der Waals surface area contributed by atoms with Gasteiger partial charge in [-0.2, -0.15) is 0 Å². The van der Waals surface area contributed by atoms with Gasteiger partial charge in [-0.3, -0.25) is 14.4 Å². The van der Waals surface area contributed by atoms with E-state index in [-0.39, 0.29) is 23.3 Å². The first kappa shape index (κ1) is 19.4. The third kappa shape index (κ3) is 3.82. The van der Waals surface area contributed by atoms with Gasteiger partial charge < -0.3 is 16.2 Å². The quantitative estimate of drug-likeness (QED) is 0.635. The van der Waals surface area contributed by atoms with Gasteiger partial charge in [0.2, 0.25) is 5.91 Å². The number of carbonyl (C=O) groups excluding carboxylic acids is 2. The molecule has 0 spiro atoms. The second-order valence-corrected chi connectivity index (χ2v) is 8.79. The zero-order valence-corrected chi connectivity index (χ0v) is 16.5. The maximum absolute atomic E-state index is 13.1. The molecule has 0 aliphatic heterocycles. The van der Waals surface area contributed by atoms with E-state index in [1.807, 2.05) is 42.5 Å². The maximum Gasteiger partial charge on any atom is 0.307 e. The first-order chi connectivity index (χ1) is 13.9. The highest BCUT2D eigenvalue weighted by Gasteiger charge is 2.48. The molecule has 1 fully saturated rings. The van der Waals surface area contributed by atoms with Gasteiger partial charge in [-0.1, -0.05) is 42.5 Å². The molecule has 150 valence electrons. The summed E-state index contributed by atoms with van der Waals surface area (Å²) in [7, 11) is 0. The number of nitrogens with one attached hydrogen (secondary N) is 1. The Bertz CT molecular complexity index is 982. The second kappa shape index (κ2) is 7.83. The van der Waals surface area contributed by atoms with Gasteiger partial charge in [-0.25, -0.2) is 0 Å². The normalized spacial score (nSPS) is 25.0. The third-order valence-electron chi connectivity index (χ3n) is 5.84. The molecule has 7 heteroatoms. The fourth-order valence-electron chi connectivity index (χ4n) is 4.49. The smallest absolute Gasteiger partial charge is 0.307 e. The lowest BCUT2D eigenvalue weighted by Crippen LogP contribution is -2.47. The molecule has 0 radical (unpaired) electrons. The largest absolute Gasteiger partial charge is 0.481 e. The lowest BCUT2D eigenvalue weighted by Gasteiger charge is -2.41. The molecular formula is C22H22N2O4S. The summed E-state index contributed by atoms with van der Waals surface area (Å²) in [6, 6.07) is 11.5. The number of carbonyl (C=O) groups is 3. The highest BCUT2D eigenvalue weighted by molar-refractivity contribution is 7.16. The summed E-state index contributed by atoms with van der Waals surface area (Å²) in [6.07, 6.45) is 6.09.